The van der Waals surface area contributed by atoms with Crippen molar-refractivity contribution in [1.82, 2.24) is 5.32 Å². The van der Waals surface area contributed by atoms with Crippen LogP contribution in [0.1, 0.15) is 42.3 Å². The molecule has 0 saturated carbocycles. The van der Waals surface area contributed by atoms with Gasteiger partial charge in [0.2, 0.25) is 0 Å². The summed E-state index contributed by atoms with van der Waals surface area (Å²) in [5.41, 5.74) is 2.01. The third-order valence-corrected chi connectivity index (χ3v) is 4.64. The number of amides is 1. The van der Waals surface area contributed by atoms with E-state index in [0.717, 1.165) is 0 Å². The Kier molecular flexibility index (Phi) is 6.55. The van der Waals surface area contributed by atoms with Gasteiger partial charge < -0.3 is 15.2 Å². The maximum atomic E-state index is 12.3. The van der Waals surface area contributed by atoms with E-state index < -0.39 is 11.9 Å². The van der Waals surface area contributed by atoms with Gasteiger partial charge in [-0.2, -0.15) is 0 Å². The van der Waals surface area contributed by atoms with Crippen LogP contribution in [-0.2, 0) is 10.2 Å². The quantitative estimate of drug-likeness (QED) is 0.512. The molecule has 2 N–H and O–H groups in total. The average molecular weight is 415 g/mol. The summed E-state index contributed by atoms with van der Waals surface area (Å²) < 4.78 is 5.92. The molecule has 0 spiro atoms. The van der Waals surface area contributed by atoms with Crippen molar-refractivity contribution in [2.75, 3.05) is 0 Å². The number of hydrogen-bond acceptors (Lipinski definition) is 3. The standard InChI is InChI=1S/C26H25NO4/c1-26(2,3)20-12-14-21(15-13-20)31-22-11-7-8-18(16-22)17-23(25(29)30)27-24(28)19-9-5-4-6-10-19/h4-17H,1-3H3,(H,27,28)(H,29,30)/b23-17+. The Bertz CT molecular complexity index is 1090. The topological polar surface area (TPSA) is 75.6 Å². The van der Waals surface area contributed by atoms with E-state index in [4.69, 9.17) is 4.74 Å². The summed E-state index contributed by atoms with van der Waals surface area (Å²) >= 11 is 0. The maximum absolute atomic E-state index is 12.3. The summed E-state index contributed by atoms with van der Waals surface area (Å²) in [6, 6.07) is 23.3. The fraction of sp³-hybridized carbons (Fsp3) is 0.154. The first-order valence-electron chi connectivity index (χ1n) is 9.92. The van der Waals surface area contributed by atoms with E-state index in [1.807, 2.05) is 24.3 Å². The Morgan fingerprint density at radius 2 is 1.55 bits per heavy atom. The lowest BCUT2D eigenvalue weighted by Crippen LogP contribution is -2.27. The Balaban J connectivity index is 1.78. The van der Waals surface area contributed by atoms with Gasteiger partial charge in [0.1, 0.15) is 17.2 Å². The molecule has 5 heteroatoms. The third kappa shape index (κ3) is 6.06. The van der Waals surface area contributed by atoms with Crippen molar-refractivity contribution in [1.29, 1.82) is 0 Å². The minimum atomic E-state index is -1.23. The molecule has 0 aliphatic rings. The SMILES string of the molecule is CC(C)(C)c1ccc(Oc2cccc(/C=C(/NC(=O)c3ccccc3)C(=O)O)c2)cc1. The van der Waals surface area contributed by atoms with Crippen molar-refractivity contribution >= 4 is 18.0 Å². The normalized spacial score (nSPS) is 11.6. The number of carbonyl (C=O) groups excluding carboxylic acids is 1. The first kappa shape index (κ1) is 21.8. The zero-order chi connectivity index (χ0) is 22.4. The lowest BCUT2D eigenvalue weighted by molar-refractivity contribution is -0.132. The number of nitrogens with one attached hydrogen (secondary N) is 1. The molecule has 0 saturated heterocycles. The summed E-state index contributed by atoms with van der Waals surface area (Å²) in [7, 11) is 0. The highest BCUT2D eigenvalue weighted by molar-refractivity contribution is 6.02. The molecule has 31 heavy (non-hydrogen) atoms. The number of hydrogen-bond donors (Lipinski definition) is 2. The second-order valence-electron chi connectivity index (χ2n) is 8.13. The molecule has 0 atom stereocenters. The number of benzene rings is 3. The molecule has 0 fully saturated rings. The van der Waals surface area contributed by atoms with Crippen molar-refractivity contribution < 1.29 is 19.4 Å². The fourth-order valence-corrected chi connectivity index (χ4v) is 2.93. The van der Waals surface area contributed by atoms with E-state index >= 15 is 0 Å². The molecule has 0 radical (unpaired) electrons. The predicted octanol–water partition coefficient (Wildman–Crippen LogP) is 5.63. The number of carboxylic acid groups (broad SMARTS) is 1. The lowest BCUT2D eigenvalue weighted by Gasteiger charge is -2.19. The summed E-state index contributed by atoms with van der Waals surface area (Å²) in [4.78, 5) is 24.0. The van der Waals surface area contributed by atoms with Gasteiger partial charge in [0.15, 0.2) is 0 Å². The molecule has 0 unspecified atom stereocenters. The molecule has 0 heterocycles. The fourth-order valence-electron chi connectivity index (χ4n) is 2.93. The van der Waals surface area contributed by atoms with Gasteiger partial charge in [-0.15, -0.1) is 0 Å². The van der Waals surface area contributed by atoms with Crippen LogP contribution in [-0.4, -0.2) is 17.0 Å². The van der Waals surface area contributed by atoms with E-state index in [1.54, 1.807) is 54.6 Å². The Labute approximate surface area is 182 Å². The molecule has 3 rings (SSSR count). The van der Waals surface area contributed by atoms with Crippen LogP contribution < -0.4 is 10.1 Å². The second kappa shape index (κ2) is 9.30. The monoisotopic (exact) mass is 415 g/mol. The van der Waals surface area contributed by atoms with Crippen LogP contribution >= 0.6 is 0 Å². The van der Waals surface area contributed by atoms with Crippen LogP contribution in [0.4, 0.5) is 0 Å². The molecular formula is C26H25NO4. The second-order valence-corrected chi connectivity index (χ2v) is 8.13. The highest BCUT2D eigenvalue weighted by atomic mass is 16.5. The molecule has 1 amide bonds. The van der Waals surface area contributed by atoms with Crippen LogP contribution in [0.25, 0.3) is 6.08 Å². The van der Waals surface area contributed by atoms with Gasteiger partial charge in [-0.1, -0.05) is 63.2 Å². The molecular weight excluding hydrogens is 390 g/mol. The number of carbonyl (C=O) groups is 2. The molecule has 0 bridgehead atoms. The van der Waals surface area contributed by atoms with Gasteiger partial charge in [0.05, 0.1) is 0 Å². The smallest absolute Gasteiger partial charge is 0.352 e. The van der Waals surface area contributed by atoms with Crippen molar-refractivity contribution in [2.24, 2.45) is 0 Å². The van der Waals surface area contributed by atoms with Gasteiger partial charge in [-0.05, 0) is 59.0 Å². The van der Waals surface area contributed by atoms with Crippen molar-refractivity contribution in [3.8, 4) is 11.5 Å². The van der Waals surface area contributed by atoms with Crippen molar-refractivity contribution in [2.45, 2.75) is 26.2 Å². The van der Waals surface area contributed by atoms with E-state index in [0.29, 0.717) is 22.6 Å². The highest BCUT2D eigenvalue weighted by Gasteiger charge is 2.14. The summed E-state index contributed by atoms with van der Waals surface area (Å²) in [6.45, 7) is 6.44. The Morgan fingerprint density at radius 1 is 0.871 bits per heavy atom. The number of carboxylic acids is 1. The van der Waals surface area contributed by atoms with Crippen LogP contribution in [0.3, 0.4) is 0 Å². The van der Waals surface area contributed by atoms with E-state index in [2.05, 4.69) is 26.1 Å². The first-order valence-corrected chi connectivity index (χ1v) is 9.92. The van der Waals surface area contributed by atoms with Crippen LogP contribution in [0.2, 0.25) is 0 Å². The van der Waals surface area contributed by atoms with Crippen molar-refractivity contribution in [3.63, 3.8) is 0 Å². The molecule has 0 aliphatic carbocycles. The van der Waals surface area contributed by atoms with Crippen LogP contribution in [0, 0.1) is 0 Å². The van der Waals surface area contributed by atoms with Gasteiger partial charge >= 0.3 is 5.97 Å². The Morgan fingerprint density at radius 3 is 2.16 bits per heavy atom. The molecule has 0 aliphatic heterocycles. The van der Waals surface area contributed by atoms with Gasteiger partial charge in [-0.25, -0.2) is 4.79 Å². The number of aliphatic carboxylic acids is 1. The molecule has 5 nitrogen and oxygen atoms in total. The predicted molar refractivity (Wildman–Crippen MR) is 121 cm³/mol. The average Bonchev–Trinajstić information content (AvgIpc) is 2.74. The van der Waals surface area contributed by atoms with Crippen LogP contribution in [0.5, 0.6) is 11.5 Å². The minimum absolute atomic E-state index is 0.0562. The van der Waals surface area contributed by atoms with Gasteiger partial charge in [0.25, 0.3) is 5.91 Å². The van der Waals surface area contributed by atoms with Crippen molar-refractivity contribution in [3.05, 3.63) is 101 Å². The molecule has 0 aromatic heterocycles. The summed E-state index contributed by atoms with van der Waals surface area (Å²) in [5, 5.41) is 12.0. The highest BCUT2D eigenvalue weighted by Crippen LogP contribution is 2.27. The zero-order valence-electron chi connectivity index (χ0n) is 17.8. The number of ether oxygens (including phenoxy) is 1. The number of rotatable bonds is 6. The van der Waals surface area contributed by atoms with Crippen LogP contribution in [0.15, 0.2) is 84.6 Å². The van der Waals surface area contributed by atoms with Gasteiger partial charge in [0, 0.05) is 5.56 Å². The largest absolute Gasteiger partial charge is 0.477 e. The minimum Gasteiger partial charge on any atom is -0.477 e. The van der Waals surface area contributed by atoms with E-state index in [9.17, 15) is 14.7 Å². The lowest BCUT2D eigenvalue weighted by atomic mass is 9.87. The molecule has 3 aromatic rings. The van der Waals surface area contributed by atoms with E-state index in [-0.39, 0.29) is 11.1 Å². The maximum Gasteiger partial charge on any atom is 0.352 e. The Hall–Kier alpha value is -3.86. The molecule has 158 valence electrons. The van der Waals surface area contributed by atoms with Gasteiger partial charge in [-0.3, -0.25) is 4.79 Å². The zero-order valence-corrected chi connectivity index (χ0v) is 17.8. The summed E-state index contributed by atoms with van der Waals surface area (Å²) in [5.74, 6) is -0.463. The first-order chi connectivity index (χ1) is 14.7. The van der Waals surface area contributed by atoms with E-state index in [1.165, 1.54) is 11.6 Å². The third-order valence-electron chi connectivity index (χ3n) is 4.64. The molecule has 3 aromatic carbocycles. The summed E-state index contributed by atoms with van der Waals surface area (Å²) in [6.07, 6.45) is 1.40.